The molecule has 0 amide bonds. The fraction of sp³-hybridized carbons (Fsp3) is 0. The number of hydrogen-bond acceptors (Lipinski definition) is 6. The molecule has 1 heterocycles. The lowest BCUT2D eigenvalue weighted by molar-refractivity contribution is -0.383. The van der Waals surface area contributed by atoms with Crippen LogP contribution in [0, 0.1) is 15.9 Å². The molecule has 1 aromatic heterocycles. The molecular weight excluding hydrogens is 319 g/mol. The number of aromatic nitrogens is 1. The van der Waals surface area contributed by atoms with Crippen LogP contribution in [0.5, 0.6) is 5.75 Å². The van der Waals surface area contributed by atoms with Crippen LogP contribution in [0.4, 0.5) is 21.5 Å². The van der Waals surface area contributed by atoms with Crippen LogP contribution in [0.3, 0.4) is 0 Å². The molecule has 0 atom stereocenters. The molecule has 0 aliphatic heterocycles. The second-order valence-electron chi connectivity index (χ2n) is 4.78. The van der Waals surface area contributed by atoms with E-state index in [1.807, 2.05) is 0 Å². The Labute approximate surface area is 133 Å². The first kappa shape index (κ1) is 15.3. The zero-order chi connectivity index (χ0) is 17.3. The lowest BCUT2D eigenvalue weighted by Gasteiger charge is -2.03. The predicted molar refractivity (Wildman–Crippen MR) is 83.5 cm³/mol. The summed E-state index contributed by atoms with van der Waals surface area (Å²) in [4.78, 5) is 24.7. The van der Waals surface area contributed by atoms with Gasteiger partial charge >= 0.3 is 0 Å². The van der Waals surface area contributed by atoms with Crippen molar-refractivity contribution in [1.82, 2.24) is 4.98 Å². The molecule has 0 unspecified atom stereocenters. The van der Waals surface area contributed by atoms with E-state index in [1.165, 1.54) is 42.5 Å². The second-order valence-corrected chi connectivity index (χ2v) is 4.78. The molecule has 8 nitrogen and oxygen atoms in total. The lowest BCUT2D eigenvalue weighted by atomic mass is 10.1. The Balaban J connectivity index is 2.14. The Morgan fingerprint density at radius 3 is 2.50 bits per heavy atom. The number of aromatic amines is 1. The fourth-order valence-corrected chi connectivity index (χ4v) is 2.14. The zero-order valence-electron chi connectivity index (χ0n) is 11.9. The number of non-ortho nitro benzene ring substituents is 1. The molecule has 9 heteroatoms. The summed E-state index contributed by atoms with van der Waals surface area (Å²) in [6.07, 6.45) is 0. The number of azo groups is 1. The monoisotopic (exact) mass is 328 g/mol. The highest BCUT2D eigenvalue weighted by Crippen LogP contribution is 2.34. The van der Waals surface area contributed by atoms with Gasteiger partial charge in [0.1, 0.15) is 11.3 Å². The van der Waals surface area contributed by atoms with Crippen LogP contribution in [-0.2, 0) is 0 Å². The largest absolute Gasteiger partial charge is 0.505 e. The smallest absolute Gasteiger partial charge is 0.293 e. The maximum Gasteiger partial charge on any atom is 0.293 e. The van der Waals surface area contributed by atoms with Crippen LogP contribution in [0.25, 0.3) is 10.9 Å². The summed E-state index contributed by atoms with van der Waals surface area (Å²) in [6, 6.07) is 9.01. The summed E-state index contributed by atoms with van der Waals surface area (Å²) >= 11 is 0. The van der Waals surface area contributed by atoms with Crippen LogP contribution < -0.4 is 5.56 Å². The van der Waals surface area contributed by atoms with E-state index in [-0.39, 0.29) is 22.3 Å². The number of benzene rings is 2. The van der Waals surface area contributed by atoms with Gasteiger partial charge in [-0.2, -0.15) is 5.11 Å². The van der Waals surface area contributed by atoms with Crippen LogP contribution in [0.1, 0.15) is 0 Å². The Bertz CT molecular complexity index is 1030. The van der Waals surface area contributed by atoms with Gasteiger partial charge in [-0.05, 0) is 30.3 Å². The van der Waals surface area contributed by atoms with Gasteiger partial charge in [0, 0.05) is 11.5 Å². The average Bonchev–Trinajstić information content (AvgIpc) is 2.55. The van der Waals surface area contributed by atoms with Crippen LogP contribution in [0.15, 0.2) is 57.5 Å². The molecule has 3 rings (SSSR count). The van der Waals surface area contributed by atoms with Crippen molar-refractivity contribution in [3.05, 3.63) is 68.7 Å². The highest BCUT2D eigenvalue weighted by molar-refractivity contribution is 5.94. The van der Waals surface area contributed by atoms with Crippen LogP contribution >= 0.6 is 0 Å². The number of fused-ring (bicyclic) bond motifs is 1. The number of aromatic hydroxyl groups is 1. The van der Waals surface area contributed by atoms with E-state index in [4.69, 9.17) is 0 Å². The first-order valence-corrected chi connectivity index (χ1v) is 6.67. The van der Waals surface area contributed by atoms with Gasteiger partial charge in [-0.1, -0.05) is 6.07 Å². The molecule has 0 spiro atoms. The van der Waals surface area contributed by atoms with Crippen molar-refractivity contribution in [2.24, 2.45) is 10.2 Å². The van der Waals surface area contributed by atoms with E-state index >= 15 is 0 Å². The summed E-state index contributed by atoms with van der Waals surface area (Å²) in [6.45, 7) is 0. The molecule has 0 aliphatic rings. The molecule has 120 valence electrons. The number of nitrogens with zero attached hydrogens (tertiary/aromatic N) is 3. The van der Waals surface area contributed by atoms with E-state index in [1.54, 1.807) is 0 Å². The van der Waals surface area contributed by atoms with Gasteiger partial charge in [0.15, 0.2) is 11.4 Å². The minimum atomic E-state index is -0.833. The first-order chi connectivity index (χ1) is 11.5. The number of pyridine rings is 1. The molecule has 3 aromatic rings. The lowest BCUT2D eigenvalue weighted by Crippen LogP contribution is -2.06. The highest BCUT2D eigenvalue weighted by Gasteiger charge is 2.18. The Morgan fingerprint density at radius 1 is 1.12 bits per heavy atom. The summed E-state index contributed by atoms with van der Waals surface area (Å²) < 4.78 is 12.8. The van der Waals surface area contributed by atoms with Gasteiger partial charge in [0.25, 0.3) is 11.2 Å². The summed E-state index contributed by atoms with van der Waals surface area (Å²) in [7, 11) is 0. The molecule has 0 saturated heterocycles. The van der Waals surface area contributed by atoms with Crippen molar-refractivity contribution in [2.75, 3.05) is 0 Å². The molecule has 0 fully saturated rings. The van der Waals surface area contributed by atoms with Crippen molar-refractivity contribution in [2.45, 2.75) is 0 Å². The molecule has 0 radical (unpaired) electrons. The van der Waals surface area contributed by atoms with Crippen molar-refractivity contribution < 1.29 is 14.4 Å². The maximum absolute atomic E-state index is 12.8. The number of halogens is 1. The van der Waals surface area contributed by atoms with Gasteiger partial charge in [0.05, 0.1) is 10.6 Å². The van der Waals surface area contributed by atoms with Gasteiger partial charge in [-0.25, -0.2) is 4.39 Å². The van der Waals surface area contributed by atoms with Crippen molar-refractivity contribution in [3.63, 3.8) is 0 Å². The minimum absolute atomic E-state index is 0.0665. The van der Waals surface area contributed by atoms with Crippen LogP contribution in [0.2, 0.25) is 0 Å². The summed E-state index contributed by atoms with van der Waals surface area (Å²) in [5.74, 6) is -0.976. The van der Waals surface area contributed by atoms with Gasteiger partial charge < -0.3 is 10.1 Å². The Kier molecular flexibility index (Phi) is 3.74. The molecule has 0 aliphatic carbocycles. The van der Waals surface area contributed by atoms with E-state index in [0.29, 0.717) is 0 Å². The van der Waals surface area contributed by atoms with Crippen molar-refractivity contribution in [3.8, 4) is 5.75 Å². The number of nitro groups is 1. The van der Waals surface area contributed by atoms with Crippen LogP contribution in [-0.4, -0.2) is 15.0 Å². The van der Waals surface area contributed by atoms with E-state index in [2.05, 4.69) is 15.2 Å². The first-order valence-electron chi connectivity index (χ1n) is 6.67. The molecule has 2 N–H and O–H groups in total. The second kappa shape index (κ2) is 5.88. The topological polar surface area (TPSA) is 121 Å². The maximum atomic E-state index is 12.8. The third-order valence-electron chi connectivity index (χ3n) is 3.26. The number of H-pyrrole nitrogens is 1. The number of nitrogens with one attached hydrogen (secondary N) is 1. The number of para-hydroxylation sites is 1. The quantitative estimate of drug-likeness (QED) is 0.432. The van der Waals surface area contributed by atoms with Gasteiger partial charge in [-0.15, -0.1) is 5.11 Å². The number of nitro benzene ring substituents is 1. The Hall–Kier alpha value is -3.62. The van der Waals surface area contributed by atoms with Crippen molar-refractivity contribution in [1.29, 1.82) is 0 Å². The molecule has 24 heavy (non-hydrogen) atoms. The molecule has 0 bridgehead atoms. The zero-order valence-corrected chi connectivity index (χ0v) is 11.9. The third kappa shape index (κ3) is 2.70. The number of rotatable bonds is 3. The normalized spacial score (nSPS) is 11.2. The molecular formula is C15H9FN4O4. The van der Waals surface area contributed by atoms with E-state index in [0.717, 1.165) is 0 Å². The third-order valence-corrected chi connectivity index (χ3v) is 3.26. The van der Waals surface area contributed by atoms with E-state index < -0.39 is 27.7 Å². The van der Waals surface area contributed by atoms with Gasteiger partial charge in [0.2, 0.25) is 0 Å². The highest BCUT2D eigenvalue weighted by atomic mass is 19.1. The minimum Gasteiger partial charge on any atom is -0.505 e. The summed E-state index contributed by atoms with van der Waals surface area (Å²) in [5.41, 5.74) is -1.41. The SMILES string of the molecule is O=c1[nH]c2c([N+](=O)[O-])cccc2c(O)c1N=Nc1ccc(F)cc1. The molecule has 2 aromatic carbocycles. The van der Waals surface area contributed by atoms with E-state index in [9.17, 15) is 24.4 Å². The molecule has 0 saturated carbocycles. The Morgan fingerprint density at radius 2 is 1.83 bits per heavy atom. The number of hydrogen-bond donors (Lipinski definition) is 2. The average molecular weight is 328 g/mol. The fourth-order valence-electron chi connectivity index (χ4n) is 2.14. The standard InChI is InChI=1S/C15H9FN4O4/c16-8-4-6-9(7-5-8)18-19-13-14(21)10-2-1-3-11(20(23)24)12(10)17-15(13)22/h1-7H,(H2,17,21,22). The van der Waals surface area contributed by atoms with Crippen molar-refractivity contribution >= 4 is 28.0 Å². The summed E-state index contributed by atoms with van der Waals surface area (Å²) in [5, 5.41) is 28.7. The van der Waals surface area contributed by atoms with Gasteiger partial charge in [-0.3, -0.25) is 14.9 Å². The predicted octanol–water partition coefficient (Wildman–Crippen LogP) is 3.70.